The van der Waals surface area contributed by atoms with Gasteiger partial charge in [-0.25, -0.2) is 0 Å². The minimum atomic E-state index is 0.636. The van der Waals surface area contributed by atoms with Crippen LogP contribution in [0.1, 0.15) is 31.1 Å². The minimum Gasteiger partial charge on any atom is -0.192 e. The fourth-order valence-corrected chi connectivity index (χ4v) is 2.42. The van der Waals surface area contributed by atoms with Gasteiger partial charge in [-0.15, -0.1) is 0 Å². The fourth-order valence-electron chi connectivity index (χ4n) is 1.45. The Labute approximate surface area is 82.6 Å². The Morgan fingerprint density at radius 2 is 2.15 bits per heavy atom. The second kappa shape index (κ2) is 3.46. The highest BCUT2D eigenvalue weighted by Crippen LogP contribution is 2.30. The molecule has 68 valence electrons. The molecule has 1 nitrogen and oxygen atoms in total. The van der Waals surface area contributed by atoms with Crippen molar-refractivity contribution in [3.8, 4) is 0 Å². The molecule has 0 N–H and O–H groups in total. The molecule has 2 heteroatoms. The quantitative estimate of drug-likeness (QED) is 0.703. The lowest BCUT2D eigenvalue weighted by atomic mass is 10.0. The van der Waals surface area contributed by atoms with Gasteiger partial charge in [-0.1, -0.05) is 32.0 Å². The lowest BCUT2D eigenvalue weighted by Gasteiger charge is -2.04. The normalized spacial score (nSPS) is 13.4. The second-order valence-corrected chi connectivity index (χ2v) is 4.18. The summed E-state index contributed by atoms with van der Waals surface area (Å²) in [4.78, 5) is 1.43. The molecule has 0 amide bonds. The van der Waals surface area contributed by atoms with Gasteiger partial charge in [-0.2, -0.15) is 4.37 Å². The molecule has 0 spiro atoms. The Hall–Kier alpha value is -0.890. The number of hydrogen-bond acceptors (Lipinski definition) is 2. The van der Waals surface area contributed by atoms with E-state index in [1.54, 1.807) is 11.5 Å². The van der Waals surface area contributed by atoms with E-state index in [0.717, 1.165) is 5.52 Å². The van der Waals surface area contributed by atoms with Crippen LogP contribution in [-0.4, -0.2) is 4.37 Å². The molecule has 0 saturated carbocycles. The maximum atomic E-state index is 4.43. The molecule has 0 radical (unpaired) electrons. The van der Waals surface area contributed by atoms with E-state index in [0.29, 0.717) is 5.92 Å². The van der Waals surface area contributed by atoms with Crippen molar-refractivity contribution >= 4 is 22.4 Å². The number of fused-ring (bicyclic) bond motifs is 1. The van der Waals surface area contributed by atoms with Gasteiger partial charge in [-0.05, 0) is 29.9 Å². The smallest absolute Gasteiger partial charge is 0.0843 e. The molecular formula is C11H13NS. The zero-order valence-corrected chi connectivity index (χ0v) is 8.77. The van der Waals surface area contributed by atoms with Crippen LogP contribution in [-0.2, 0) is 0 Å². The maximum absolute atomic E-state index is 4.43. The highest BCUT2D eigenvalue weighted by atomic mass is 32.1. The lowest BCUT2D eigenvalue weighted by Crippen LogP contribution is -1.86. The monoisotopic (exact) mass is 191 g/mol. The van der Waals surface area contributed by atoms with Gasteiger partial charge in [0, 0.05) is 10.3 Å². The summed E-state index contributed by atoms with van der Waals surface area (Å²) in [6, 6.07) is 8.38. The van der Waals surface area contributed by atoms with Gasteiger partial charge in [-0.3, -0.25) is 0 Å². The van der Waals surface area contributed by atoms with Crippen molar-refractivity contribution < 1.29 is 0 Å². The molecule has 0 bridgehead atoms. The van der Waals surface area contributed by atoms with Crippen LogP contribution in [0.25, 0.3) is 10.9 Å². The van der Waals surface area contributed by atoms with E-state index in [-0.39, 0.29) is 0 Å². The third-order valence-electron chi connectivity index (χ3n) is 2.47. The molecule has 0 aliphatic heterocycles. The van der Waals surface area contributed by atoms with Crippen molar-refractivity contribution in [1.29, 1.82) is 0 Å². The Morgan fingerprint density at radius 1 is 1.38 bits per heavy atom. The molecular weight excluding hydrogens is 178 g/mol. The lowest BCUT2D eigenvalue weighted by molar-refractivity contribution is 0.753. The van der Waals surface area contributed by atoms with Gasteiger partial charge in [0.15, 0.2) is 0 Å². The van der Waals surface area contributed by atoms with Gasteiger partial charge >= 0.3 is 0 Å². The van der Waals surface area contributed by atoms with Gasteiger partial charge in [0.1, 0.15) is 0 Å². The highest BCUT2D eigenvalue weighted by molar-refractivity contribution is 7.07. The van der Waals surface area contributed by atoms with Gasteiger partial charge in [0.05, 0.1) is 5.52 Å². The van der Waals surface area contributed by atoms with E-state index in [9.17, 15) is 0 Å². The third kappa shape index (κ3) is 1.46. The van der Waals surface area contributed by atoms with Gasteiger partial charge < -0.3 is 0 Å². The standard InChI is InChI=1S/C11H13NS/c1-3-8(2)11-9-6-4-5-7-10(9)12-13-11/h4-8H,3H2,1-2H3. The van der Waals surface area contributed by atoms with Crippen LogP contribution in [0.5, 0.6) is 0 Å². The number of aromatic nitrogens is 1. The van der Waals surface area contributed by atoms with E-state index in [4.69, 9.17) is 0 Å². The van der Waals surface area contributed by atoms with E-state index in [2.05, 4.69) is 36.4 Å². The SMILES string of the molecule is CCC(C)c1snc2ccccc12. The molecule has 0 aliphatic carbocycles. The first kappa shape index (κ1) is 8.70. The van der Waals surface area contributed by atoms with Crippen molar-refractivity contribution in [2.24, 2.45) is 0 Å². The number of nitrogens with zero attached hydrogens (tertiary/aromatic N) is 1. The fraction of sp³-hybridized carbons (Fsp3) is 0.364. The second-order valence-electron chi connectivity index (χ2n) is 3.37. The number of rotatable bonds is 2. The summed E-state index contributed by atoms with van der Waals surface area (Å²) < 4.78 is 4.43. The van der Waals surface area contributed by atoms with Crippen molar-refractivity contribution in [1.82, 2.24) is 4.37 Å². The molecule has 0 aliphatic rings. The zero-order chi connectivity index (χ0) is 9.26. The number of benzene rings is 1. The predicted molar refractivity (Wildman–Crippen MR) is 58.3 cm³/mol. The first-order chi connectivity index (χ1) is 6.33. The van der Waals surface area contributed by atoms with Crippen LogP contribution in [0, 0.1) is 0 Å². The summed E-state index contributed by atoms with van der Waals surface area (Å²) in [5, 5.41) is 1.34. The Balaban J connectivity index is 2.57. The molecule has 1 atom stereocenters. The van der Waals surface area contributed by atoms with Crippen molar-refractivity contribution in [2.45, 2.75) is 26.2 Å². The summed E-state index contributed by atoms with van der Waals surface area (Å²) in [5.74, 6) is 0.636. The van der Waals surface area contributed by atoms with Gasteiger partial charge in [0.2, 0.25) is 0 Å². The molecule has 1 aromatic heterocycles. The summed E-state index contributed by atoms with van der Waals surface area (Å²) >= 11 is 1.65. The molecule has 13 heavy (non-hydrogen) atoms. The summed E-state index contributed by atoms with van der Waals surface area (Å²) in [6.07, 6.45) is 1.19. The van der Waals surface area contributed by atoms with E-state index in [1.807, 2.05) is 6.07 Å². The third-order valence-corrected chi connectivity index (χ3v) is 3.58. The summed E-state index contributed by atoms with van der Waals surface area (Å²) in [5.41, 5.74) is 1.14. The Morgan fingerprint density at radius 3 is 2.92 bits per heavy atom. The maximum Gasteiger partial charge on any atom is 0.0843 e. The summed E-state index contributed by atoms with van der Waals surface area (Å²) in [6.45, 7) is 4.49. The summed E-state index contributed by atoms with van der Waals surface area (Å²) in [7, 11) is 0. The average molecular weight is 191 g/mol. The van der Waals surface area contributed by atoms with E-state index >= 15 is 0 Å². The van der Waals surface area contributed by atoms with E-state index < -0.39 is 0 Å². The average Bonchev–Trinajstić information content (AvgIpc) is 2.60. The topological polar surface area (TPSA) is 12.9 Å². The van der Waals surface area contributed by atoms with Crippen LogP contribution >= 0.6 is 11.5 Å². The first-order valence-electron chi connectivity index (χ1n) is 4.67. The number of hydrogen-bond donors (Lipinski definition) is 0. The largest absolute Gasteiger partial charge is 0.192 e. The highest BCUT2D eigenvalue weighted by Gasteiger charge is 2.10. The molecule has 1 unspecified atom stereocenters. The molecule has 1 aromatic carbocycles. The van der Waals surface area contributed by atoms with Crippen molar-refractivity contribution in [2.75, 3.05) is 0 Å². The van der Waals surface area contributed by atoms with Crippen molar-refractivity contribution in [3.05, 3.63) is 29.1 Å². The molecule has 1 heterocycles. The van der Waals surface area contributed by atoms with Crippen LogP contribution < -0.4 is 0 Å². The molecule has 0 fully saturated rings. The van der Waals surface area contributed by atoms with Crippen LogP contribution in [0.15, 0.2) is 24.3 Å². The Kier molecular flexibility index (Phi) is 2.32. The van der Waals surface area contributed by atoms with Gasteiger partial charge in [0.25, 0.3) is 0 Å². The Bertz CT molecular complexity index is 405. The van der Waals surface area contributed by atoms with Crippen LogP contribution in [0.4, 0.5) is 0 Å². The first-order valence-corrected chi connectivity index (χ1v) is 5.44. The molecule has 2 rings (SSSR count). The molecule has 0 saturated heterocycles. The van der Waals surface area contributed by atoms with Crippen molar-refractivity contribution in [3.63, 3.8) is 0 Å². The predicted octanol–water partition coefficient (Wildman–Crippen LogP) is 3.81. The zero-order valence-electron chi connectivity index (χ0n) is 7.95. The molecule has 2 aromatic rings. The van der Waals surface area contributed by atoms with Crippen LogP contribution in [0.3, 0.4) is 0 Å². The minimum absolute atomic E-state index is 0.636. The van der Waals surface area contributed by atoms with E-state index in [1.165, 1.54) is 16.7 Å². The van der Waals surface area contributed by atoms with Crippen LogP contribution in [0.2, 0.25) is 0 Å².